The van der Waals surface area contributed by atoms with Crippen molar-refractivity contribution >= 4 is 15.7 Å². The number of benzene rings is 1. The molecule has 0 aliphatic heterocycles. The Balaban J connectivity index is 3.37. The van der Waals surface area contributed by atoms with Crippen molar-refractivity contribution in [2.24, 2.45) is 0 Å². The first-order chi connectivity index (χ1) is 6.89. The fourth-order valence-electron chi connectivity index (χ4n) is 1.06. The summed E-state index contributed by atoms with van der Waals surface area (Å²) in [6.45, 7) is 0. The molecule has 0 heterocycles. The quantitative estimate of drug-likeness (QED) is 0.769. The van der Waals surface area contributed by atoms with Crippen molar-refractivity contribution in [2.75, 3.05) is 26.9 Å². The lowest BCUT2D eigenvalue weighted by atomic mass is 10.3. The standard InChI is InChI=1S/C9H14N2O3S/c1-11(2)15(12,13)9-6-7(14-3)4-5-8(9)10/h4-6H,10H2,1-3H3. The molecule has 6 heteroatoms. The van der Waals surface area contributed by atoms with Crippen LogP contribution in [-0.4, -0.2) is 33.9 Å². The monoisotopic (exact) mass is 230 g/mol. The number of rotatable bonds is 3. The predicted molar refractivity (Wildman–Crippen MR) is 58.3 cm³/mol. The molecule has 15 heavy (non-hydrogen) atoms. The van der Waals surface area contributed by atoms with Crippen molar-refractivity contribution in [3.05, 3.63) is 18.2 Å². The summed E-state index contributed by atoms with van der Waals surface area (Å²) in [5, 5.41) is 0. The lowest BCUT2D eigenvalue weighted by Gasteiger charge is -2.13. The smallest absolute Gasteiger partial charge is 0.244 e. The van der Waals surface area contributed by atoms with E-state index in [0.717, 1.165) is 4.31 Å². The summed E-state index contributed by atoms with van der Waals surface area (Å²) in [6.07, 6.45) is 0. The predicted octanol–water partition coefficient (Wildman–Crippen LogP) is 0.528. The maximum Gasteiger partial charge on any atom is 0.244 e. The van der Waals surface area contributed by atoms with Crippen molar-refractivity contribution in [1.82, 2.24) is 4.31 Å². The number of nitrogens with zero attached hydrogens (tertiary/aromatic N) is 1. The number of anilines is 1. The highest BCUT2D eigenvalue weighted by Crippen LogP contribution is 2.25. The Hall–Kier alpha value is -1.27. The number of nitrogen functional groups attached to an aromatic ring is 1. The Labute approximate surface area is 89.5 Å². The second kappa shape index (κ2) is 4.08. The normalized spacial score (nSPS) is 11.7. The molecule has 1 aromatic rings. The molecule has 0 bridgehead atoms. The zero-order valence-electron chi connectivity index (χ0n) is 8.89. The van der Waals surface area contributed by atoms with Gasteiger partial charge in [-0.05, 0) is 12.1 Å². The zero-order valence-corrected chi connectivity index (χ0v) is 9.71. The number of ether oxygens (including phenoxy) is 1. The van der Waals surface area contributed by atoms with E-state index in [4.69, 9.17) is 10.5 Å². The molecule has 84 valence electrons. The van der Waals surface area contributed by atoms with Crippen molar-refractivity contribution in [3.63, 3.8) is 0 Å². The minimum atomic E-state index is -3.51. The van der Waals surface area contributed by atoms with Crippen LogP contribution >= 0.6 is 0 Å². The summed E-state index contributed by atoms with van der Waals surface area (Å²) in [5.41, 5.74) is 5.82. The number of hydrogen-bond donors (Lipinski definition) is 1. The molecular formula is C9H14N2O3S. The molecule has 0 saturated heterocycles. The van der Waals surface area contributed by atoms with E-state index in [-0.39, 0.29) is 10.6 Å². The second-order valence-corrected chi connectivity index (χ2v) is 5.31. The zero-order chi connectivity index (χ0) is 11.6. The van der Waals surface area contributed by atoms with Crippen LogP contribution < -0.4 is 10.5 Å². The van der Waals surface area contributed by atoms with Crippen molar-refractivity contribution < 1.29 is 13.2 Å². The minimum Gasteiger partial charge on any atom is -0.497 e. The fraction of sp³-hybridized carbons (Fsp3) is 0.333. The van der Waals surface area contributed by atoms with Gasteiger partial charge in [-0.25, -0.2) is 12.7 Å². The average Bonchev–Trinajstić information content (AvgIpc) is 2.18. The van der Waals surface area contributed by atoms with Gasteiger partial charge in [-0.15, -0.1) is 0 Å². The van der Waals surface area contributed by atoms with E-state index >= 15 is 0 Å². The molecule has 0 aliphatic rings. The highest BCUT2D eigenvalue weighted by molar-refractivity contribution is 7.89. The summed E-state index contributed by atoms with van der Waals surface area (Å²) in [6, 6.07) is 4.53. The Morgan fingerprint density at radius 2 is 1.93 bits per heavy atom. The van der Waals surface area contributed by atoms with Gasteiger partial charge in [0.1, 0.15) is 10.6 Å². The molecule has 0 unspecified atom stereocenters. The van der Waals surface area contributed by atoms with Crippen LogP contribution in [-0.2, 0) is 10.0 Å². The van der Waals surface area contributed by atoms with Gasteiger partial charge in [-0.2, -0.15) is 0 Å². The van der Waals surface area contributed by atoms with E-state index in [9.17, 15) is 8.42 Å². The summed E-state index contributed by atoms with van der Waals surface area (Å²) >= 11 is 0. The fourth-order valence-corrected chi connectivity index (χ4v) is 2.09. The topological polar surface area (TPSA) is 72.6 Å². The second-order valence-electron chi connectivity index (χ2n) is 3.19. The Kier molecular flexibility index (Phi) is 3.21. The summed E-state index contributed by atoms with van der Waals surface area (Å²) in [7, 11) is 0.863. The lowest BCUT2D eigenvalue weighted by Crippen LogP contribution is -2.23. The van der Waals surface area contributed by atoms with Gasteiger partial charge in [0.15, 0.2) is 0 Å². The van der Waals surface area contributed by atoms with Crippen LogP contribution in [0.5, 0.6) is 5.75 Å². The molecule has 5 nitrogen and oxygen atoms in total. The third-order valence-electron chi connectivity index (χ3n) is 1.98. The van der Waals surface area contributed by atoms with Gasteiger partial charge in [0.25, 0.3) is 0 Å². The van der Waals surface area contributed by atoms with Crippen molar-refractivity contribution in [1.29, 1.82) is 0 Å². The van der Waals surface area contributed by atoms with Crippen molar-refractivity contribution in [3.8, 4) is 5.75 Å². The van der Waals surface area contributed by atoms with E-state index in [0.29, 0.717) is 5.75 Å². The largest absolute Gasteiger partial charge is 0.497 e. The number of nitrogens with two attached hydrogens (primary N) is 1. The summed E-state index contributed by atoms with van der Waals surface area (Å²) < 4.78 is 29.7. The first kappa shape index (κ1) is 11.8. The molecule has 0 radical (unpaired) electrons. The Morgan fingerprint density at radius 1 is 1.33 bits per heavy atom. The van der Waals surface area contributed by atoms with E-state index in [1.807, 2.05) is 0 Å². The molecule has 1 rings (SSSR count). The first-order valence-electron chi connectivity index (χ1n) is 4.25. The molecule has 0 aliphatic carbocycles. The molecule has 2 N–H and O–H groups in total. The van der Waals surface area contributed by atoms with E-state index < -0.39 is 10.0 Å². The van der Waals surface area contributed by atoms with Crippen LogP contribution in [0.25, 0.3) is 0 Å². The highest BCUT2D eigenvalue weighted by Gasteiger charge is 2.20. The minimum absolute atomic E-state index is 0.0619. The van der Waals surface area contributed by atoms with Crippen LogP contribution in [0.15, 0.2) is 23.1 Å². The number of methoxy groups -OCH3 is 1. The van der Waals surface area contributed by atoms with Gasteiger partial charge in [0.05, 0.1) is 12.8 Å². The SMILES string of the molecule is COc1ccc(N)c(S(=O)(=O)N(C)C)c1. The van der Waals surface area contributed by atoms with Gasteiger partial charge in [-0.1, -0.05) is 0 Å². The molecule has 0 spiro atoms. The van der Waals surface area contributed by atoms with Gasteiger partial charge < -0.3 is 10.5 Å². The van der Waals surface area contributed by atoms with E-state index in [1.54, 1.807) is 6.07 Å². The number of sulfonamides is 1. The van der Waals surface area contributed by atoms with Gasteiger partial charge >= 0.3 is 0 Å². The number of hydrogen-bond acceptors (Lipinski definition) is 4. The van der Waals surface area contributed by atoms with Gasteiger partial charge in [-0.3, -0.25) is 0 Å². The van der Waals surface area contributed by atoms with E-state index in [2.05, 4.69) is 0 Å². The van der Waals surface area contributed by atoms with Crippen LogP contribution in [0.1, 0.15) is 0 Å². The molecule has 0 saturated carbocycles. The molecular weight excluding hydrogens is 216 g/mol. The molecule has 1 aromatic carbocycles. The van der Waals surface area contributed by atoms with Crippen LogP contribution in [0, 0.1) is 0 Å². The van der Waals surface area contributed by atoms with Crippen LogP contribution in [0.2, 0.25) is 0 Å². The van der Waals surface area contributed by atoms with Gasteiger partial charge in [0, 0.05) is 20.2 Å². The Morgan fingerprint density at radius 3 is 2.40 bits per heavy atom. The van der Waals surface area contributed by atoms with Crippen LogP contribution in [0.4, 0.5) is 5.69 Å². The van der Waals surface area contributed by atoms with Gasteiger partial charge in [0.2, 0.25) is 10.0 Å². The maximum atomic E-state index is 11.8. The van der Waals surface area contributed by atoms with Crippen LogP contribution in [0.3, 0.4) is 0 Å². The maximum absolute atomic E-state index is 11.8. The summed E-state index contributed by atoms with van der Waals surface area (Å²) in [4.78, 5) is 0.0619. The molecule has 0 aromatic heterocycles. The summed E-state index contributed by atoms with van der Waals surface area (Å²) in [5.74, 6) is 0.463. The third kappa shape index (κ3) is 2.21. The third-order valence-corrected chi connectivity index (χ3v) is 3.85. The van der Waals surface area contributed by atoms with Crippen molar-refractivity contribution in [2.45, 2.75) is 4.90 Å². The lowest BCUT2D eigenvalue weighted by molar-refractivity contribution is 0.413. The average molecular weight is 230 g/mol. The molecule has 0 fully saturated rings. The Bertz CT molecular complexity index is 454. The molecule has 0 atom stereocenters. The first-order valence-corrected chi connectivity index (χ1v) is 5.69. The highest BCUT2D eigenvalue weighted by atomic mass is 32.2. The molecule has 0 amide bonds. The van der Waals surface area contributed by atoms with E-state index in [1.165, 1.54) is 33.3 Å².